The van der Waals surface area contributed by atoms with Gasteiger partial charge in [0, 0.05) is 0 Å². The average Bonchev–Trinajstić information content (AvgIpc) is 2.87. The van der Waals surface area contributed by atoms with Crippen molar-refractivity contribution < 1.29 is 23.8 Å². The van der Waals surface area contributed by atoms with Gasteiger partial charge in [-0.2, -0.15) is 0 Å². The van der Waals surface area contributed by atoms with Crippen LogP contribution in [-0.4, -0.2) is 32.6 Å². The Morgan fingerprint density at radius 3 is 1.76 bits per heavy atom. The first kappa shape index (κ1) is 27.4. The van der Waals surface area contributed by atoms with Gasteiger partial charge in [0.1, 0.15) is 23.0 Å². The summed E-state index contributed by atoms with van der Waals surface area (Å²) < 4.78 is 16.4. The molecule has 0 saturated heterocycles. The van der Waals surface area contributed by atoms with Gasteiger partial charge in [-0.3, -0.25) is 9.59 Å². The van der Waals surface area contributed by atoms with Crippen molar-refractivity contribution >= 4 is 11.8 Å². The minimum atomic E-state index is -1.07. The first-order chi connectivity index (χ1) is 16.6. The fourth-order valence-electron chi connectivity index (χ4n) is 4.12. The number of hydrogen-bond donors (Lipinski definition) is 0. The number of rotatable bonds is 17. The zero-order chi connectivity index (χ0) is 24.6. The van der Waals surface area contributed by atoms with E-state index in [1.807, 2.05) is 18.2 Å². The number of carbonyl (C=O) groups is 2. The predicted octanol–water partition coefficient (Wildman–Crippen LogP) is 7.13. The molecule has 0 aromatic heterocycles. The van der Waals surface area contributed by atoms with Crippen molar-refractivity contribution in [3.8, 4) is 11.5 Å². The Balaban J connectivity index is 1.94. The second-order valence-electron chi connectivity index (χ2n) is 8.59. The van der Waals surface area contributed by atoms with Gasteiger partial charge in [0.2, 0.25) is 0 Å². The molecule has 1 atom stereocenters. The highest BCUT2D eigenvalue weighted by atomic mass is 16.5. The monoisotopic (exact) mass is 468 g/mol. The van der Waals surface area contributed by atoms with E-state index in [4.69, 9.17) is 14.2 Å². The number of unbranched alkanes of at least 4 members (excludes halogenated alkanes) is 9. The highest BCUT2D eigenvalue weighted by Gasteiger charge is 2.34. The van der Waals surface area contributed by atoms with Crippen molar-refractivity contribution in [2.45, 2.75) is 77.0 Å². The zero-order valence-corrected chi connectivity index (χ0v) is 21.0. The van der Waals surface area contributed by atoms with E-state index in [9.17, 15) is 9.59 Å². The SMILES string of the molecule is CCCCCCCCCCCCOC(=O)C(C(=O)c1c(OC)cccc1OC)c1ccccc1. The smallest absolute Gasteiger partial charge is 0.321 e. The molecule has 0 spiro atoms. The molecule has 5 heteroatoms. The molecule has 34 heavy (non-hydrogen) atoms. The Morgan fingerprint density at radius 1 is 0.706 bits per heavy atom. The molecule has 0 amide bonds. The van der Waals surface area contributed by atoms with Gasteiger partial charge in [0.15, 0.2) is 5.78 Å². The van der Waals surface area contributed by atoms with Gasteiger partial charge in [-0.15, -0.1) is 0 Å². The summed E-state index contributed by atoms with van der Waals surface area (Å²) in [6, 6.07) is 14.1. The topological polar surface area (TPSA) is 61.8 Å². The van der Waals surface area contributed by atoms with E-state index in [0.29, 0.717) is 23.7 Å². The quantitative estimate of drug-likeness (QED) is 0.107. The molecule has 0 heterocycles. The lowest BCUT2D eigenvalue weighted by atomic mass is 9.89. The first-order valence-corrected chi connectivity index (χ1v) is 12.6. The molecule has 2 aromatic carbocycles. The molecule has 2 rings (SSSR count). The number of ether oxygens (including phenoxy) is 3. The Hall–Kier alpha value is -2.82. The fraction of sp³-hybridized carbons (Fsp3) is 0.517. The summed E-state index contributed by atoms with van der Waals surface area (Å²) in [6.45, 7) is 2.55. The molecule has 1 unspecified atom stereocenters. The standard InChI is InChI=1S/C29H40O5/c1-4-5-6-7-8-9-10-11-12-16-22-34-29(31)26(23-18-14-13-15-19-23)28(30)27-24(32-2)20-17-21-25(27)33-3/h13-15,17-21,26H,4-12,16,22H2,1-3H3. The highest BCUT2D eigenvalue weighted by molar-refractivity contribution is 6.15. The number of methoxy groups -OCH3 is 2. The Bertz CT molecular complexity index is 840. The van der Waals surface area contributed by atoms with Crippen molar-refractivity contribution in [2.24, 2.45) is 0 Å². The minimum Gasteiger partial charge on any atom is -0.496 e. The van der Waals surface area contributed by atoms with Crippen molar-refractivity contribution in [3.05, 3.63) is 59.7 Å². The Kier molecular flexibility index (Phi) is 12.8. The molecule has 0 saturated carbocycles. The van der Waals surface area contributed by atoms with Crippen LogP contribution in [-0.2, 0) is 9.53 Å². The van der Waals surface area contributed by atoms with Gasteiger partial charge in [-0.25, -0.2) is 0 Å². The van der Waals surface area contributed by atoms with Gasteiger partial charge < -0.3 is 14.2 Å². The lowest BCUT2D eigenvalue weighted by Crippen LogP contribution is -2.25. The number of ketones is 1. The summed E-state index contributed by atoms with van der Waals surface area (Å²) in [5.74, 6) is -1.27. The summed E-state index contributed by atoms with van der Waals surface area (Å²) in [4.78, 5) is 26.7. The third-order valence-electron chi connectivity index (χ3n) is 6.05. The molecule has 0 bridgehead atoms. The zero-order valence-electron chi connectivity index (χ0n) is 21.0. The van der Waals surface area contributed by atoms with Crippen LogP contribution in [0.2, 0.25) is 0 Å². The Labute approximate surface area is 204 Å². The third kappa shape index (κ3) is 8.51. The van der Waals surface area contributed by atoms with Crippen molar-refractivity contribution in [2.75, 3.05) is 20.8 Å². The average molecular weight is 469 g/mol. The molecule has 0 N–H and O–H groups in total. The van der Waals surface area contributed by atoms with Crippen molar-refractivity contribution in [3.63, 3.8) is 0 Å². The largest absolute Gasteiger partial charge is 0.496 e. The molecule has 5 nitrogen and oxygen atoms in total. The third-order valence-corrected chi connectivity index (χ3v) is 6.05. The van der Waals surface area contributed by atoms with Crippen LogP contribution in [0.1, 0.15) is 93.0 Å². The fourth-order valence-corrected chi connectivity index (χ4v) is 4.12. The van der Waals surface area contributed by atoms with Crippen molar-refractivity contribution in [1.29, 1.82) is 0 Å². The van der Waals surface area contributed by atoms with E-state index in [0.717, 1.165) is 19.3 Å². The maximum Gasteiger partial charge on any atom is 0.321 e. The minimum absolute atomic E-state index is 0.247. The van der Waals surface area contributed by atoms with Crippen LogP contribution in [0.3, 0.4) is 0 Å². The van der Waals surface area contributed by atoms with E-state index >= 15 is 0 Å². The molecule has 2 aromatic rings. The van der Waals surface area contributed by atoms with Crippen LogP contribution in [0.4, 0.5) is 0 Å². The van der Waals surface area contributed by atoms with Gasteiger partial charge in [-0.05, 0) is 24.1 Å². The van der Waals surface area contributed by atoms with Crippen LogP contribution in [0.5, 0.6) is 11.5 Å². The normalized spacial score (nSPS) is 11.6. The van der Waals surface area contributed by atoms with E-state index in [2.05, 4.69) is 6.92 Å². The lowest BCUT2D eigenvalue weighted by molar-refractivity contribution is -0.144. The second kappa shape index (κ2) is 15.9. The molecule has 0 aliphatic heterocycles. The summed E-state index contributed by atoms with van der Waals surface area (Å²) in [7, 11) is 2.99. The Morgan fingerprint density at radius 2 is 1.24 bits per heavy atom. The molecule has 0 aliphatic carbocycles. The summed E-state index contributed by atoms with van der Waals surface area (Å²) in [5.41, 5.74) is 0.839. The van der Waals surface area contributed by atoms with Crippen molar-refractivity contribution in [1.82, 2.24) is 0 Å². The maximum atomic E-state index is 13.6. The summed E-state index contributed by atoms with van der Waals surface area (Å²) >= 11 is 0. The molecule has 0 aliphatic rings. The van der Waals surface area contributed by atoms with Gasteiger partial charge in [-0.1, -0.05) is 101 Å². The first-order valence-electron chi connectivity index (χ1n) is 12.6. The number of benzene rings is 2. The number of hydrogen-bond acceptors (Lipinski definition) is 5. The van der Waals surface area contributed by atoms with Gasteiger partial charge >= 0.3 is 5.97 Å². The van der Waals surface area contributed by atoms with E-state index in [-0.39, 0.29) is 5.56 Å². The van der Waals surface area contributed by atoms with Crippen LogP contribution in [0.15, 0.2) is 48.5 Å². The summed E-state index contributed by atoms with van der Waals surface area (Å²) in [5, 5.41) is 0. The number of Topliss-reactive ketones (excluding diaryl/α,β-unsaturated/α-hetero) is 1. The molecule has 186 valence electrons. The van der Waals surface area contributed by atoms with E-state index in [1.54, 1.807) is 30.3 Å². The number of esters is 1. The lowest BCUT2D eigenvalue weighted by Gasteiger charge is -2.19. The van der Waals surface area contributed by atoms with E-state index < -0.39 is 17.7 Å². The second-order valence-corrected chi connectivity index (χ2v) is 8.59. The molecular formula is C29H40O5. The van der Waals surface area contributed by atoms with E-state index in [1.165, 1.54) is 59.2 Å². The van der Waals surface area contributed by atoms with Gasteiger partial charge in [0.05, 0.1) is 20.8 Å². The highest BCUT2D eigenvalue weighted by Crippen LogP contribution is 2.34. The van der Waals surface area contributed by atoms with Gasteiger partial charge in [0.25, 0.3) is 0 Å². The summed E-state index contributed by atoms with van der Waals surface area (Å²) in [6.07, 6.45) is 12.1. The molecule has 0 radical (unpaired) electrons. The van der Waals surface area contributed by atoms with Crippen LogP contribution in [0, 0.1) is 0 Å². The predicted molar refractivity (Wildman–Crippen MR) is 136 cm³/mol. The maximum absolute atomic E-state index is 13.6. The van der Waals surface area contributed by atoms with Crippen LogP contribution >= 0.6 is 0 Å². The molecule has 0 fully saturated rings. The number of carbonyl (C=O) groups excluding carboxylic acids is 2. The molecular weight excluding hydrogens is 428 g/mol. The van der Waals surface area contributed by atoms with Crippen LogP contribution < -0.4 is 9.47 Å². The van der Waals surface area contributed by atoms with Crippen LogP contribution in [0.25, 0.3) is 0 Å².